The van der Waals surface area contributed by atoms with E-state index in [0.717, 1.165) is 57.1 Å². The van der Waals surface area contributed by atoms with E-state index in [-0.39, 0.29) is 0 Å². The molecule has 0 atom stereocenters. The molecule has 1 aromatic heterocycles. The van der Waals surface area contributed by atoms with Crippen molar-refractivity contribution in [2.45, 2.75) is 6.42 Å². The fraction of sp³-hybridized carbons (Fsp3) is 0.533. The van der Waals surface area contributed by atoms with Crippen LogP contribution < -0.4 is 4.90 Å². The van der Waals surface area contributed by atoms with Gasteiger partial charge < -0.3 is 9.64 Å². The largest absolute Gasteiger partial charge is 0.385 e. The first-order valence-corrected chi connectivity index (χ1v) is 6.72. The molecule has 0 aliphatic carbocycles. The number of aromatic nitrogens is 1. The molecule has 2 rings (SSSR count). The van der Waals surface area contributed by atoms with E-state index in [2.05, 4.69) is 20.7 Å². The van der Waals surface area contributed by atoms with Crippen molar-refractivity contribution in [2.75, 3.05) is 51.3 Å². The van der Waals surface area contributed by atoms with Crippen LogP contribution in [0.2, 0.25) is 0 Å². The lowest BCUT2D eigenvalue weighted by atomic mass is 10.2. The van der Waals surface area contributed by atoms with Gasteiger partial charge in [0.2, 0.25) is 0 Å². The number of methoxy groups -OCH3 is 1. The number of anilines is 1. The highest BCUT2D eigenvalue weighted by Gasteiger charge is 2.17. The first-order valence-electron chi connectivity index (χ1n) is 6.72. The first kappa shape index (κ1) is 13.9. The van der Waals surface area contributed by atoms with Crippen molar-refractivity contribution in [3.8, 4) is 12.3 Å². The van der Waals surface area contributed by atoms with Crippen LogP contribution in [0.1, 0.15) is 12.0 Å². The van der Waals surface area contributed by atoms with Crippen LogP contribution in [0.5, 0.6) is 0 Å². The zero-order valence-electron chi connectivity index (χ0n) is 11.5. The quantitative estimate of drug-likeness (QED) is 0.587. The number of rotatable bonds is 5. The lowest BCUT2D eigenvalue weighted by Gasteiger charge is -2.35. The fourth-order valence-corrected chi connectivity index (χ4v) is 2.29. The molecule has 1 saturated heterocycles. The Morgan fingerprint density at radius 3 is 2.68 bits per heavy atom. The molecule has 1 fully saturated rings. The van der Waals surface area contributed by atoms with Gasteiger partial charge in [0.05, 0.1) is 0 Å². The molecule has 0 bridgehead atoms. The zero-order valence-corrected chi connectivity index (χ0v) is 11.5. The fourth-order valence-electron chi connectivity index (χ4n) is 2.29. The molecule has 4 heteroatoms. The number of piperazine rings is 1. The monoisotopic (exact) mass is 259 g/mol. The molecule has 4 nitrogen and oxygen atoms in total. The Morgan fingerprint density at radius 1 is 1.32 bits per heavy atom. The van der Waals surface area contributed by atoms with E-state index < -0.39 is 0 Å². The van der Waals surface area contributed by atoms with E-state index >= 15 is 0 Å². The molecular formula is C15H21N3O. The van der Waals surface area contributed by atoms with Crippen LogP contribution in [0.25, 0.3) is 0 Å². The summed E-state index contributed by atoms with van der Waals surface area (Å²) >= 11 is 0. The Labute approximate surface area is 115 Å². The highest BCUT2D eigenvalue weighted by atomic mass is 16.5. The normalized spacial score (nSPS) is 16.3. The molecule has 0 N–H and O–H groups in total. The van der Waals surface area contributed by atoms with Gasteiger partial charge >= 0.3 is 0 Å². The molecule has 1 aliphatic heterocycles. The minimum absolute atomic E-state index is 0.835. The van der Waals surface area contributed by atoms with Crippen molar-refractivity contribution in [3.63, 3.8) is 0 Å². The number of nitrogens with zero attached hydrogens (tertiary/aromatic N) is 3. The molecular weight excluding hydrogens is 238 g/mol. The van der Waals surface area contributed by atoms with E-state index in [1.165, 1.54) is 0 Å². The number of hydrogen-bond donors (Lipinski definition) is 0. The Bertz CT molecular complexity index is 416. The van der Waals surface area contributed by atoms with Gasteiger partial charge in [-0.05, 0) is 18.6 Å². The van der Waals surface area contributed by atoms with Crippen LogP contribution in [-0.4, -0.2) is 56.3 Å². The van der Waals surface area contributed by atoms with E-state index in [4.69, 9.17) is 11.2 Å². The van der Waals surface area contributed by atoms with Crippen LogP contribution in [-0.2, 0) is 4.74 Å². The highest BCUT2D eigenvalue weighted by Crippen LogP contribution is 2.13. The molecule has 0 radical (unpaired) electrons. The molecule has 102 valence electrons. The lowest BCUT2D eigenvalue weighted by molar-refractivity contribution is 0.169. The molecule has 1 aliphatic rings. The molecule has 0 unspecified atom stereocenters. The van der Waals surface area contributed by atoms with Crippen molar-refractivity contribution < 1.29 is 4.74 Å². The summed E-state index contributed by atoms with van der Waals surface area (Å²) in [6.07, 6.45) is 8.20. The van der Waals surface area contributed by atoms with Gasteiger partial charge in [-0.3, -0.25) is 4.90 Å². The summed E-state index contributed by atoms with van der Waals surface area (Å²) in [7, 11) is 1.75. The molecule has 0 amide bonds. The van der Waals surface area contributed by atoms with Crippen molar-refractivity contribution in [2.24, 2.45) is 0 Å². The SMILES string of the molecule is C#Cc1ccc(N2CCN(CCCOC)CC2)nc1. The summed E-state index contributed by atoms with van der Waals surface area (Å²) in [4.78, 5) is 9.21. The van der Waals surface area contributed by atoms with Crippen LogP contribution in [0.4, 0.5) is 5.82 Å². The zero-order chi connectivity index (χ0) is 13.5. The minimum atomic E-state index is 0.835. The first-order chi connectivity index (χ1) is 9.33. The molecule has 2 heterocycles. The lowest BCUT2D eigenvalue weighted by Crippen LogP contribution is -2.47. The number of pyridine rings is 1. The smallest absolute Gasteiger partial charge is 0.128 e. The van der Waals surface area contributed by atoms with Crippen molar-refractivity contribution in [1.82, 2.24) is 9.88 Å². The second-order valence-corrected chi connectivity index (χ2v) is 4.72. The van der Waals surface area contributed by atoms with Gasteiger partial charge in [0, 0.05) is 58.2 Å². The van der Waals surface area contributed by atoms with E-state index in [9.17, 15) is 0 Å². The number of terminal acetylenes is 1. The van der Waals surface area contributed by atoms with Crippen molar-refractivity contribution in [3.05, 3.63) is 23.9 Å². The Morgan fingerprint density at radius 2 is 2.11 bits per heavy atom. The standard InChI is InChI=1S/C15H21N3O/c1-3-14-5-6-15(16-13-14)18-10-8-17(9-11-18)7-4-12-19-2/h1,5-6,13H,4,7-12H2,2H3. The van der Waals surface area contributed by atoms with Gasteiger partial charge in [-0.25, -0.2) is 4.98 Å². The van der Waals surface area contributed by atoms with Gasteiger partial charge in [-0.15, -0.1) is 6.42 Å². The van der Waals surface area contributed by atoms with Gasteiger partial charge in [0.15, 0.2) is 0 Å². The summed E-state index contributed by atoms with van der Waals surface area (Å²) in [5, 5.41) is 0. The number of ether oxygens (including phenoxy) is 1. The summed E-state index contributed by atoms with van der Waals surface area (Å²) < 4.78 is 5.08. The number of hydrogen-bond acceptors (Lipinski definition) is 4. The van der Waals surface area contributed by atoms with Crippen LogP contribution in [0.3, 0.4) is 0 Å². The Kier molecular flexibility index (Phi) is 5.20. The van der Waals surface area contributed by atoms with Gasteiger partial charge in [-0.2, -0.15) is 0 Å². The maximum Gasteiger partial charge on any atom is 0.128 e. The Balaban J connectivity index is 1.80. The molecule has 0 spiro atoms. The van der Waals surface area contributed by atoms with E-state index in [1.54, 1.807) is 13.3 Å². The third-order valence-corrected chi connectivity index (χ3v) is 3.43. The van der Waals surface area contributed by atoms with Gasteiger partial charge in [-0.1, -0.05) is 5.92 Å². The van der Waals surface area contributed by atoms with Gasteiger partial charge in [0.25, 0.3) is 0 Å². The van der Waals surface area contributed by atoms with Gasteiger partial charge in [0.1, 0.15) is 5.82 Å². The molecule has 0 saturated carbocycles. The summed E-state index contributed by atoms with van der Waals surface area (Å²) in [6.45, 7) is 6.18. The molecule has 0 aromatic carbocycles. The molecule has 19 heavy (non-hydrogen) atoms. The summed E-state index contributed by atoms with van der Waals surface area (Å²) in [5.74, 6) is 3.62. The van der Waals surface area contributed by atoms with Crippen LogP contribution >= 0.6 is 0 Å². The van der Waals surface area contributed by atoms with Crippen LogP contribution in [0, 0.1) is 12.3 Å². The van der Waals surface area contributed by atoms with Crippen molar-refractivity contribution >= 4 is 5.82 Å². The van der Waals surface area contributed by atoms with Crippen molar-refractivity contribution in [1.29, 1.82) is 0 Å². The third kappa shape index (κ3) is 3.95. The Hall–Kier alpha value is -1.57. The predicted molar refractivity (Wildman–Crippen MR) is 77.3 cm³/mol. The predicted octanol–water partition coefficient (Wildman–Crippen LogP) is 1.22. The highest BCUT2D eigenvalue weighted by molar-refractivity contribution is 5.43. The van der Waals surface area contributed by atoms with Crippen LogP contribution in [0.15, 0.2) is 18.3 Å². The second-order valence-electron chi connectivity index (χ2n) is 4.72. The summed E-state index contributed by atoms with van der Waals surface area (Å²) in [5.41, 5.74) is 0.835. The third-order valence-electron chi connectivity index (χ3n) is 3.43. The maximum absolute atomic E-state index is 5.33. The average molecular weight is 259 g/mol. The minimum Gasteiger partial charge on any atom is -0.385 e. The topological polar surface area (TPSA) is 28.6 Å². The summed E-state index contributed by atoms with van der Waals surface area (Å²) in [6, 6.07) is 3.96. The maximum atomic E-state index is 5.33. The molecule has 1 aromatic rings. The van der Waals surface area contributed by atoms with E-state index in [0.29, 0.717) is 0 Å². The average Bonchev–Trinajstić information content (AvgIpc) is 2.48. The second kappa shape index (κ2) is 7.13. The van der Waals surface area contributed by atoms with E-state index in [1.807, 2.05) is 12.1 Å².